The fourth-order valence-corrected chi connectivity index (χ4v) is 6.93. The summed E-state index contributed by atoms with van der Waals surface area (Å²) in [5, 5.41) is 23.4. The number of amides is 2. The molecule has 9 nitrogen and oxygen atoms in total. The number of benzene rings is 2. The summed E-state index contributed by atoms with van der Waals surface area (Å²) in [6.07, 6.45) is 8.77. The lowest BCUT2D eigenvalue weighted by Gasteiger charge is -2.52. The SMILES string of the molecule is CCCCN1C(=O)[C@@H](CC2(O)CCCCCC2)NC(=O)C12CCN(Cc1ccc(Oc3ccc(C(=O)O)cc3)cc1)CC2. The molecule has 2 aromatic carbocycles. The van der Waals surface area contributed by atoms with Crippen LogP contribution in [-0.2, 0) is 16.1 Å². The summed E-state index contributed by atoms with van der Waals surface area (Å²) in [7, 11) is 0. The molecular weight excluding hydrogens is 546 g/mol. The van der Waals surface area contributed by atoms with Gasteiger partial charge in [0.2, 0.25) is 11.8 Å². The zero-order valence-corrected chi connectivity index (χ0v) is 25.2. The van der Waals surface area contributed by atoms with Gasteiger partial charge in [-0.1, -0.05) is 51.2 Å². The normalized spacial score (nSPS) is 22.2. The number of piperazine rings is 1. The quantitative estimate of drug-likeness (QED) is 0.329. The summed E-state index contributed by atoms with van der Waals surface area (Å²) >= 11 is 0. The molecule has 0 unspecified atom stereocenters. The Hall–Kier alpha value is -3.43. The largest absolute Gasteiger partial charge is 0.478 e. The van der Waals surface area contributed by atoms with Crippen LogP contribution in [0.1, 0.15) is 93.5 Å². The molecule has 1 spiro atoms. The number of hydrogen-bond acceptors (Lipinski definition) is 6. The summed E-state index contributed by atoms with van der Waals surface area (Å²) in [6, 6.07) is 13.5. The molecule has 43 heavy (non-hydrogen) atoms. The molecule has 0 radical (unpaired) electrons. The Morgan fingerprint density at radius 3 is 2.12 bits per heavy atom. The zero-order chi connectivity index (χ0) is 30.5. The molecular formula is C34H45N3O6. The number of likely N-dealkylation sites (tertiary alicyclic amines) is 1. The molecule has 2 saturated heterocycles. The number of carbonyl (C=O) groups is 3. The average Bonchev–Trinajstić information content (AvgIpc) is 3.22. The van der Waals surface area contributed by atoms with Gasteiger partial charge in [0, 0.05) is 32.6 Å². The molecule has 2 aliphatic heterocycles. The molecule has 3 fully saturated rings. The van der Waals surface area contributed by atoms with Crippen molar-refractivity contribution in [1.29, 1.82) is 0 Å². The topological polar surface area (TPSA) is 119 Å². The Balaban J connectivity index is 1.20. The Morgan fingerprint density at radius 1 is 0.930 bits per heavy atom. The monoisotopic (exact) mass is 591 g/mol. The second-order valence-electron chi connectivity index (χ2n) is 12.6. The lowest BCUT2D eigenvalue weighted by atomic mass is 9.79. The highest BCUT2D eigenvalue weighted by Crippen LogP contribution is 2.37. The standard InChI is InChI=1S/C34H45N3O6/c1-2-3-20-37-30(38)29(23-33(42)16-6-4-5-7-17-33)35-32(41)34(37)18-21-36(22-19-34)24-25-8-12-27(13-9-25)43-28-14-10-26(11-15-28)31(39)40/h8-15,29,42H,2-7,16-24H2,1H3,(H,35,41)(H,39,40)/t29-/m1/s1. The van der Waals surface area contributed by atoms with Crippen molar-refractivity contribution in [3.8, 4) is 11.5 Å². The molecule has 0 aromatic heterocycles. The lowest BCUT2D eigenvalue weighted by Crippen LogP contribution is -2.73. The van der Waals surface area contributed by atoms with Crippen LogP contribution in [-0.4, -0.2) is 74.6 Å². The third kappa shape index (κ3) is 7.21. The van der Waals surface area contributed by atoms with Gasteiger partial charge in [-0.2, -0.15) is 0 Å². The minimum absolute atomic E-state index is 0.0349. The van der Waals surface area contributed by atoms with E-state index in [0.717, 1.165) is 50.6 Å². The maximum Gasteiger partial charge on any atom is 0.335 e. The van der Waals surface area contributed by atoms with Gasteiger partial charge in [0.25, 0.3) is 0 Å². The second kappa shape index (κ2) is 13.5. The maximum atomic E-state index is 13.9. The summed E-state index contributed by atoms with van der Waals surface area (Å²) in [5.74, 6) is 0.155. The number of rotatable bonds is 10. The van der Waals surface area contributed by atoms with E-state index in [9.17, 15) is 19.5 Å². The van der Waals surface area contributed by atoms with E-state index in [2.05, 4.69) is 17.1 Å². The third-order valence-electron chi connectivity index (χ3n) is 9.51. The molecule has 5 rings (SSSR count). The molecule has 1 atom stereocenters. The van der Waals surface area contributed by atoms with Crippen LogP contribution in [0.5, 0.6) is 11.5 Å². The first-order valence-corrected chi connectivity index (χ1v) is 15.9. The van der Waals surface area contributed by atoms with Crippen LogP contribution < -0.4 is 10.1 Å². The third-order valence-corrected chi connectivity index (χ3v) is 9.51. The zero-order valence-electron chi connectivity index (χ0n) is 25.2. The summed E-state index contributed by atoms with van der Waals surface area (Å²) < 4.78 is 5.86. The van der Waals surface area contributed by atoms with E-state index < -0.39 is 23.2 Å². The molecule has 2 aromatic rings. The van der Waals surface area contributed by atoms with Gasteiger partial charge < -0.3 is 25.2 Å². The van der Waals surface area contributed by atoms with E-state index in [-0.39, 0.29) is 17.4 Å². The summed E-state index contributed by atoms with van der Waals surface area (Å²) in [4.78, 5) is 42.9. The lowest BCUT2D eigenvalue weighted by molar-refractivity contribution is -0.163. The number of piperidine rings is 1. The van der Waals surface area contributed by atoms with E-state index in [0.29, 0.717) is 63.2 Å². The minimum Gasteiger partial charge on any atom is -0.478 e. The van der Waals surface area contributed by atoms with E-state index in [1.165, 1.54) is 12.1 Å². The smallest absolute Gasteiger partial charge is 0.335 e. The van der Waals surface area contributed by atoms with Crippen molar-refractivity contribution >= 4 is 17.8 Å². The van der Waals surface area contributed by atoms with Gasteiger partial charge in [-0.15, -0.1) is 0 Å². The van der Waals surface area contributed by atoms with Crippen molar-refractivity contribution in [3.05, 3.63) is 59.7 Å². The van der Waals surface area contributed by atoms with Crippen LogP contribution in [0.25, 0.3) is 0 Å². The van der Waals surface area contributed by atoms with Gasteiger partial charge in [-0.25, -0.2) is 4.79 Å². The molecule has 1 saturated carbocycles. The van der Waals surface area contributed by atoms with Gasteiger partial charge in [0.1, 0.15) is 23.1 Å². The summed E-state index contributed by atoms with van der Waals surface area (Å²) in [6.45, 7) is 4.79. The summed E-state index contributed by atoms with van der Waals surface area (Å²) in [5.41, 5.74) is -0.393. The van der Waals surface area contributed by atoms with E-state index in [4.69, 9.17) is 9.84 Å². The number of aromatic carboxylic acids is 1. The fraction of sp³-hybridized carbons (Fsp3) is 0.559. The number of carboxylic acid groups (broad SMARTS) is 1. The highest BCUT2D eigenvalue weighted by molar-refractivity contribution is 6.00. The predicted molar refractivity (Wildman–Crippen MR) is 163 cm³/mol. The van der Waals surface area contributed by atoms with Gasteiger partial charge in [0.05, 0.1) is 11.2 Å². The maximum absolute atomic E-state index is 13.9. The van der Waals surface area contributed by atoms with Crippen molar-refractivity contribution in [2.24, 2.45) is 0 Å². The van der Waals surface area contributed by atoms with Gasteiger partial charge >= 0.3 is 5.97 Å². The first kappa shape index (κ1) is 31.0. The molecule has 232 valence electrons. The number of carbonyl (C=O) groups excluding carboxylic acids is 2. The number of hydrogen-bond donors (Lipinski definition) is 3. The molecule has 9 heteroatoms. The fourth-order valence-electron chi connectivity index (χ4n) is 6.93. The Kier molecular flexibility index (Phi) is 9.72. The van der Waals surface area contributed by atoms with Crippen LogP contribution in [0, 0.1) is 0 Å². The Labute approximate surface area is 254 Å². The van der Waals surface area contributed by atoms with Gasteiger partial charge in [0.15, 0.2) is 0 Å². The van der Waals surface area contributed by atoms with Crippen LogP contribution in [0.4, 0.5) is 0 Å². The number of carboxylic acids is 1. The van der Waals surface area contributed by atoms with Crippen molar-refractivity contribution in [1.82, 2.24) is 15.1 Å². The first-order chi connectivity index (χ1) is 20.7. The number of ether oxygens (including phenoxy) is 1. The highest BCUT2D eigenvalue weighted by Gasteiger charge is 2.54. The van der Waals surface area contributed by atoms with Crippen molar-refractivity contribution < 1.29 is 29.3 Å². The van der Waals surface area contributed by atoms with Crippen molar-refractivity contribution in [2.75, 3.05) is 19.6 Å². The highest BCUT2D eigenvalue weighted by atomic mass is 16.5. The number of nitrogens with one attached hydrogen (secondary N) is 1. The van der Waals surface area contributed by atoms with Crippen LogP contribution in [0.3, 0.4) is 0 Å². The van der Waals surface area contributed by atoms with Gasteiger partial charge in [-0.3, -0.25) is 14.5 Å². The Morgan fingerprint density at radius 2 is 1.53 bits per heavy atom. The number of aliphatic hydroxyl groups is 1. The molecule has 3 aliphatic rings. The molecule has 3 N–H and O–H groups in total. The number of nitrogens with zero attached hydrogens (tertiary/aromatic N) is 2. The van der Waals surface area contributed by atoms with Crippen molar-refractivity contribution in [2.45, 2.75) is 101 Å². The van der Waals surface area contributed by atoms with Crippen LogP contribution >= 0.6 is 0 Å². The van der Waals surface area contributed by atoms with E-state index >= 15 is 0 Å². The van der Waals surface area contributed by atoms with Crippen molar-refractivity contribution in [3.63, 3.8) is 0 Å². The molecule has 2 amide bonds. The van der Waals surface area contributed by atoms with E-state index in [1.807, 2.05) is 29.2 Å². The molecule has 1 aliphatic carbocycles. The second-order valence-corrected chi connectivity index (χ2v) is 12.6. The number of unbranched alkanes of at least 4 members (excludes halogenated alkanes) is 1. The average molecular weight is 592 g/mol. The minimum atomic E-state index is -0.974. The molecule has 0 bridgehead atoms. The Bertz CT molecular complexity index is 1260. The van der Waals surface area contributed by atoms with Gasteiger partial charge in [-0.05, 0) is 74.1 Å². The van der Waals surface area contributed by atoms with Crippen LogP contribution in [0.15, 0.2) is 48.5 Å². The van der Waals surface area contributed by atoms with Crippen LogP contribution in [0.2, 0.25) is 0 Å². The van der Waals surface area contributed by atoms with E-state index in [1.54, 1.807) is 12.1 Å². The first-order valence-electron chi connectivity index (χ1n) is 15.9. The molecule has 2 heterocycles. The predicted octanol–water partition coefficient (Wildman–Crippen LogP) is 5.11.